The van der Waals surface area contributed by atoms with E-state index in [1.165, 1.54) is 19.2 Å². The van der Waals surface area contributed by atoms with E-state index in [2.05, 4.69) is 19.2 Å². The smallest absolute Gasteiger partial charge is 0.341 e. The van der Waals surface area contributed by atoms with Gasteiger partial charge in [0.05, 0.1) is 12.7 Å². The van der Waals surface area contributed by atoms with Crippen molar-refractivity contribution >= 4 is 17.6 Å². The van der Waals surface area contributed by atoms with Crippen molar-refractivity contribution in [3.05, 3.63) is 59.4 Å². The number of amides is 1. The zero-order chi connectivity index (χ0) is 18.4. The molecule has 2 aromatic rings. The van der Waals surface area contributed by atoms with E-state index in [-0.39, 0.29) is 11.3 Å². The zero-order valence-electron chi connectivity index (χ0n) is 14.3. The number of carbonyl (C=O) groups excluding carboxylic acids is 2. The van der Waals surface area contributed by atoms with Gasteiger partial charge in [0, 0.05) is 11.8 Å². The van der Waals surface area contributed by atoms with Gasteiger partial charge in [0.1, 0.15) is 11.6 Å². The number of methoxy groups -OCH3 is 1. The van der Waals surface area contributed by atoms with Gasteiger partial charge in [-0.05, 0) is 35.7 Å². The molecule has 0 aliphatic carbocycles. The monoisotopic (exact) mass is 345 g/mol. The van der Waals surface area contributed by atoms with Gasteiger partial charge in [-0.15, -0.1) is 0 Å². The number of halogens is 1. The third-order valence-electron chi connectivity index (χ3n) is 3.59. The molecule has 0 radical (unpaired) electrons. The molecule has 0 atom stereocenters. The molecule has 0 fully saturated rings. The van der Waals surface area contributed by atoms with Gasteiger partial charge >= 0.3 is 5.97 Å². The molecule has 25 heavy (non-hydrogen) atoms. The van der Waals surface area contributed by atoms with Gasteiger partial charge in [-0.2, -0.15) is 0 Å². The minimum atomic E-state index is -0.912. The predicted octanol–water partition coefficient (Wildman–Crippen LogP) is 3.75. The van der Waals surface area contributed by atoms with Crippen LogP contribution in [0.25, 0.3) is 0 Å². The van der Waals surface area contributed by atoms with Gasteiger partial charge in [-0.25, -0.2) is 9.18 Å². The van der Waals surface area contributed by atoms with Crippen LogP contribution in [0.5, 0.6) is 5.75 Å². The van der Waals surface area contributed by atoms with Gasteiger partial charge in [0.2, 0.25) is 0 Å². The Morgan fingerprint density at radius 2 is 1.80 bits per heavy atom. The van der Waals surface area contributed by atoms with Gasteiger partial charge < -0.3 is 14.8 Å². The van der Waals surface area contributed by atoms with E-state index in [9.17, 15) is 14.0 Å². The summed E-state index contributed by atoms with van der Waals surface area (Å²) in [7, 11) is 1.39. The lowest BCUT2D eigenvalue weighted by Gasteiger charge is -2.09. The summed E-state index contributed by atoms with van der Waals surface area (Å²) in [5, 5.41) is 2.62. The van der Waals surface area contributed by atoms with Gasteiger partial charge in [0.15, 0.2) is 6.61 Å². The van der Waals surface area contributed by atoms with Crippen LogP contribution < -0.4 is 10.1 Å². The number of ether oxygens (including phenoxy) is 2. The van der Waals surface area contributed by atoms with Crippen molar-refractivity contribution in [3.8, 4) is 5.75 Å². The SMILES string of the molecule is COc1ccc(C(=O)OCC(=O)Nc2ccc(C(C)C)cc2)c(F)c1. The van der Waals surface area contributed by atoms with E-state index < -0.39 is 24.3 Å². The quantitative estimate of drug-likeness (QED) is 0.810. The number of esters is 1. The highest BCUT2D eigenvalue weighted by Gasteiger charge is 2.15. The van der Waals surface area contributed by atoms with Gasteiger partial charge in [-0.1, -0.05) is 26.0 Å². The Morgan fingerprint density at radius 1 is 1.12 bits per heavy atom. The van der Waals surface area contributed by atoms with E-state index in [1.54, 1.807) is 12.1 Å². The fourth-order valence-electron chi connectivity index (χ4n) is 2.15. The highest BCUT2D eigenvalue weighted by Crippen LogP contribution is 2.18. The van der Waals surface area contributed by atoms with Crippen LogP contribution in [-0.2, 0) is 9.53 Å². The Kier molecular flexibility index (Phi) is 6.11. The molecule has 0 unspecified atom stereocenters. The van der Waals surface area contributed by atoms with Crippen LogP contribution in [0.15, 0.2) is 42.5 Å². The Balaban J connectivity index is 1.90. The molecule has 2 aromatic carbocycles. The van der Waals surface area contributed by atoms with E-state index in [1.807, 2.05) is 12.1 Å². The first-order chi connectivity index (χ1) is 11.9. The molecule has 0 aromatic heterocycles. The Labute approximate surface area is 145 Å². The Hall–Kier alpha value is -2.89. The third-order valence-corrected chi connectivity index (χ3v) is 3.59. The molecular formula is C19H20FNO4. The standard InChI is InChI=1S/C19H20FNO4/c1-12(2)13-4-6-14(7-5-13)21-18(22)11-25-19(23)16-9-8-15(24-3)10-17(16)20/h4-10,12H,11H2,1-3H3,(H,21,22). The van der Waals surface area contributed by atoms with Crippen molar-refractivity contribution in [1.82, 2.24) is 0 Å². The molecule has 0 bridgehead atoms. The zero-order valence-corrected chi connectivity index (χ0v) is 14.3. The lowest BCUT2D eigenvalue weighted by molar-refractivity contribution is -0.119. The summed E-state index contributed by atoms with van der Waals surface area (Å²) < 4.78 is 23.5. The Morgan fingerprint density at radius 3 is 2.36 bits per heavy atom. The number of rotatable bonds is 6. The summed E-state index contributed by atoms with van der Waals surface area (Å²) in [6, 6.07) is 11.1. The average molecular weight is 345 g/mol. The highest BCUT2D eigenvalue weighted by molar-refractivity contribution is 5.95. The first-order valence-electron chi connectivity index (χ1n) is 7.81. The van der Waals surface area contributed by atoms with Crippen molar-refractivity contribution in [3.63, 3.8) is 0 Å². The van der Waals surface area contributed by atoms with Crippen LogP contribution >= 0.6 is 0 Å². The summed E-state index contributed by atoms with van der Waals surface area (Å²) in [5.74, 6) is -1.50. The summed E-state index contributed by atoms with van der Waals surface area (Å²) >= 11 is 0. The number of nitrogens with one attached hydrogen (secondary N) is 1. The summed E-state index contributed by atoms with van der Waals surface area (Å²) in [6.45, 7) is 3.65. The number of hydrogen-bond donors (Lipinski definition) is 1. The lowest BCUT2D eigenvalue weighted by atomic mass is 10.0. The topological polar surface area (TPSA) is 64.6 Å². The Bertz CT molecular complexity index is 757. The molecule has 0 saturated carbocycles. The van der Waals surface area contributed by atoms with Crippen LogP contribution in [0.3, 0.4) is 0 Å². The van der Waals surface area contributed by atoms with Crippen LogP contribution in [0.2, 0.25) is 0 Å². The van der Waals surface area contributed by atoms with Crippen molar-refractivity contribution in [1.29, 1.82) is 0 Å². The molecule has 0 aliphatic heterocycles. The number of hydrogen-bond acceptors (Lipinski definition) is 4. The molecular weight excluding hydrogens is 325 g/mol. The molecule has 0 spiro atoms. The van der Waals surface area contributed by atoms with Gasteiger partial charge in [-0.3, -0.25) is 4.79 Å². The molecule has 6 heteroatoms. The first kappa shape index (κ1) is 18.4. The maximum absolute atomic E-state index is 13.8. The first-order valence-corrected chi connectivity index (χ1v) is 7.81. The molecule has 0 saturated heterocycles. The number of anilines is 1. The van der Waals surface area contributed by atoms with E-state index in [4.69, 9.17) is 9.47 Å². The second-order valence-electron chi connectivity index (χ2n) is 5.75. The predicted molar refractivity (Wildman–Crippen MR) is 92.4 cm³/mol. The molecule has 5 nitrogen and oxygen atoms in total. The molecule has 0 heterocycles. The molecule has 1 N–H and O–H groups in total. The maximum atomic E-state index is 13.8. The minimum Gasteiger partial charge on any atom is -0.497 e. The average Bonchev–Trinajstić information content (AvgIpc) is 2.60. The van der Waals surface area contributed by atoms with Crippen molar-refractivity contribution < 1.29 is 23.5 Å². The summed E-state index contributed by atoms with van der Waals surface area (Å²) in [6.07, 6.45) is 0. The van der Waals surface area contributed by atoms with E-state index >= 15 is 0 Å². The highest BCUT2D eigenvalue weighted by atomic mass is 19.1. The van der Waals surface area contributed by atoms with Crippen LogP contribution in [0.4, 0.5) is 10.1 Å². The van der Waals surface area contributed by atoms with Crippen molar-refractivity contribution in [2.45, 2.75) is 19.8 Å². The normalized spacial score (nSPS) is 10.4. The van der Waals surface area contributed by atoms with Crippen molar-refractivity contribution in [2.75, 3.05) is 19.0 Å². The molecule has 1 amide bonds. The van der Waals surface area contributed by atoms with Crippen LogP contribution in [0, 0.1) is 5.82 Å². The second-order valence-corrected chi connectivity index (χ2v) is 5.75. The van der Waals surface area contributed by atoms with E-state index in [0.717, 1.165) is 11.6 Å². The minimum absolute atomic E-state index is 0.255. The summed E-state index contributed by atoms with van der Waals surface area (Å²) in [5.41, 5.74) is 1.50. The van der Waals surface area contributed by atoms with Crippen molar-refractivity contribution in [2.24, 2.45) is 0 Å². The number of carbonyl (C=O) groups is 2. The van der Waals surface area contributed by atoms with Gasteiger partial charge in [0.25, 0.3) is 5.91 Å². The molecule has 0 aliphatic rings. The number of benzene rings is 2. The molecule has 132 valence electrons. The van der Waals surface area contributed by atoms with Crippen LogP contribution in [0.1, 0.15) is 35.7 Å². The van der Waals surface area contributed by atoms with Crippen LogP contribution in [-0.4, -0.2) is 25.6 Å². The lowest BCUT2D eigenvalue weighted by Crippen LogP contribution is -2.21. The second kappa shape index (κ2) is 8.28. The third kappa shape index (κ3) is 5.04. The van der Waals surface area contributed by atoms with E-state index in [0.29, 0.717) is 11.6 Å². The largest absolute Gasteiger partial charge is 0.497 e. The summed E-state index contributed by atoms with van der Waals surface area (Å²) in [4.78, 5) is 23.7. The fraction of sp³-hybridized carbons (Fsp3) is 0.263. The maximum Gasteiger partial charge on any atom is 0.341 e. The fourth-order valence-corrected chi connectivity index (χ4v) is 2.15. The molecule has 2 rings (SSSR count).